The van der Waals surface area contributed by atoms with Crippen molar-refractivity contribution in [1.29, 1.82) is 0 Å². The van der Waals surface area contributed by atoms with Crippen LogP contribution in [0.5, 0.6) is 0 Å². The van der Waals surface area contributed by atoms with Crippen LogP contribution >= 0.6 is 0 Å². The van der Waals surface area contributed by atoms with Crippen LogP contribution in [-0.2, 0) is 0 Å². The molecule has 0 atom stereocenters. The summed E-state index contributed by atoms with van der Waals surface area (Å²) >= 11 is 0. The highest BCUT2D eigenvalue weighted by Gasteiger charge is 2.08. The molecule has 0 radical (unpaired) electrons. The van der Waals surface area contributed by atoms with E-state index in [1.807, 2.05) is 0 Å². The number of amides is 1. The molecule has 92 valence electrons. The molecule has 2 aromatic carbocycles. The molecule has 5 N–H and O–H groups in total. The van der Waals surface area contributed by atoms with E-state index in [9.17, 15) is 9.18 Å². The number of benzene rings is 2. The summed E-state index contributed by atoms with van der Waals surface area (Å²) in [5.74, 6) is -0.855. The number of anilines is 3. The fourth-order valence-corrected chi connectivity index (χ4v) is 1.51. The van der Waals surface area contributed by atoms with Gasteiger partial charge in [-0.2, -0.15) is 0 Å². The molecule has 18 heavy (non-hydrogen) atoms. The number of hydrogen-bond donors (Lipinski definition) is 3. The van der Waals surface area contributed by atoms with Crippen molar-refractivity contribution in [2.45, 2.75) is 0 Å². The average Bonchev–Trinajstić information content (AvgIpc) is 2.34. The monoisotopic (exact) mass is 245 g/mol. The summed E-state index contributed by atoms with van der Waals surface area (Å²) in [5.41, 5.74) is 12.6. The van der Waals surface area contributed by atoms with Crippen LogP contribution in [0.15, 0.2) is 42.5 Å². The summed E-state index contributed by atoms with van der Waals surface area (Å²) in [5, 5.41) is 2.54. The fourth-order valence-electron chi connectivity index (χ4n) is 1.51. The molecule has 0 saturated heterocycles. The first-order chi connectivity index (χ1) is 8.56. The van der Waals surface area contributed by atoms with Crippen LogP contribution in [0, 0.1) is 5.82 Å². The van der Waals surface area contributed by atoms with Crippen LogP contribution in [0.4, 0.5) is 21.5 Å². The molecule has 5 heteroatoms. The second-order valence-corrected chi connectivity index (χ2v) is 3.81. The summed E-state index contributed by atoms with van der Waals surface area (Å²) in [6, 6.07) is 10.3. The quantitative estimate of drug-likeness (QED) is 0.710. The lowest BCUT2D eigenvalue weighted by Gasteiger charge is -2.08. The van der Waals surface area contributed by atoms with E-state index in [1.54, 1.807) is 18.2 Å². The van der Waals surface area contributed by atoms with Crippen LogP contribution in [0.3, 0.4) is 0 Å². The molecule has 0 fully saturated rings. The summed E-state index contributed by atoms with van der Waals surface area (Å²) < 4.78 is 13.0. The molecular formula is C13H12FN3O. The van der Waals surface area contributed by atoms with Gasteiger partial charge in [-0.15, -0.1) is 0 Å². The first-order valence-corrected chi connectivity index (χ1v) is 5.28. The van der Waals surface area contributed by atoms with Crippen LogP contribution in [0.2, 0.25) is 0 Å². The van der Waals surface area contributed by atoms with E-state index in [-0.39, 0.29) is 11.6 Å². The van der Waals surface area contributed by atoms with Crippen LogP contribution in [0.1, 0.15) is 10.4 Å². The molecule has 4 nitrogen and oxygen atoms in total. The maximum atomic E-state index is 13.0. The zero-order valence-electron chi connectivity index (χ0n) is 9.48. The minimum Gasteiger partial charge on any atom is -0.399 e. The minimum atomic E-state index is -0.466. The first-order valence-electron chi connectivity index (χ1n) is 5.28. The van der Waals surface area contributed by atoms with Crippen molar-refractivity contribution in [3.05, 3.63) is 53.8 Å². The van der Waals surface area contributed by atoms with Crippen molar-refractivity contribution in [1.82, 2.24) is 0 Å². The third-order valence-electron chi connectivity index (χ3n) is 2.41. The maximum absolute atomic E-state index is 13.0. The number of nitrogen functional groups attached to an aromatic ring is 2. The third kappa shape index (κ3) is 2.57. The van der Waals surface area contributed by atoms with Gasteiger partial charge in [-0.3, -0.25) is 4.79 Å². The van der Waals surface area contributed by atoms with Gasteiger partial charge in [-0.1, -0.05) is 6.07 Å². The summed E-state index contributed by atoms with van der Waals surface area (Å²) in [6.07, 6.45) is 0. The zero-order chi connectivity index (χ0) is 13.1. The van der Waals surface area contributed by atoms with Crippen LogP contribution < -0.4 is 16.8 Å². The lowest BCUT2D eigenvalue weighted by Crippen LogP contribution is -2.13. The van der Waals surface area contributed by atoms with Gasteiger partial charge in [0, 0.05) is 11.3 Å². The van der Waals surface area contributed by atoms with Gasteiger partial charge < -0.3 is 16.8 Å². The molecule has 1 amide bonds. The number of rotatable bonds is 2. The van der Waals surface area contributed by atoms with Crippen LogP contribution in [0.25, 0.3) is 0 Å². The van der Waals surface area contributed by atoms with Gasteiger partial charge in [0.1, 0.15) is 5.82 Å². The Labute approximate surface area is 103 Å². The standard InChI is InChI=1S/C13H12FN3O/c14-9-4-5-11(16)12(7-9)17-13(18)8-2-1-3-10(15)6-8/h1-7H,15-16H2,(H,17,18). The average molecular weight is 245 g/mol. The second kappa shape index (κ2) is 4.75. The highest BCUT2D eigenvalue weighted by molar-refractivity contribution is 6.06. The Bertz CT molecular complexity index is 599. The minimum absolute atomic E-state index is 0.238. The van der Waals surface area contributed by atoms with Gasteiger partial charge in [-0.05, 0) is 36.4 Å². The van der Waals surface area contributed by atoms with Gasteiger partial charge >= 0.3 is 0 Å². The van der Waals surface area contributed by atoms with Gasteiger partial charge in [0.05, 0.1) is 11.4 Å². The van der Waals surface area contributed by atoms with E-state index in [4.69, 9.17) is 11.5 Å². The molecule has 0 spiro atoms. The molecule has 0 unspecified atom stereocenters. The zero-order valence-corrected chi connectivity index (χ0v) is 9.48. The summed E-state index contributed by atoms with van der Waals surface area (Å²) in [4.78, 5) is 11.9. The normalized spacial score (nSPS) is 10.1. The lowest BCUT2D eigenvalue weighted by molar-refractivity contribution is 0.102. The highest BCUT2D eigenvalue weighted by Crippen LogP contribution is 2.20. The Kier molecular flexibility index (Phi) is 3.14. The van der Waals surface area contributed by atoms with E-state index in [0.29, 0.717) is 16.9 Å². The smallest absolute Gasteiger partial charge is 0.255 e. The Balaban J connectivity index is 2.24. The highest BCUT2D eigenvalue weighted by atomic mass is 19.1. The van der Waals surface area contributed by atoms with Crippen molar-refractivity contribution in [3.8, 4) is 0 Å². The molecule has 0 aliphatic heterocycles. The predicted octanol–water partition coefficient (Wildman–Crippen LogP) is 2.24. The first kappa shape index (κ1) is 11.9. The molecule has 0 aliphatic carbocycles. The lowest BCUT2D eigenvalue weighted by atomic mass is 10.2. The molecule has 2 aromatic rings. The number of carbonyl (C=O) groups is 1. The Morgan fingerprint density at radius 2 is 1.89 bits per heavy atom. The Hall–Kier alpha value is -2.56. The molecule has 0 bridgehead atoms. The second-order valence-electron chi connectivity index (χ2n) is 3.81. The molecule has 0 aromatic heterocycles. The van der Waals surface area contributed by atoms with E-state index >= 15 is 0 Å². The van der Waals surface area contributed by atoms with Gasteiger partial charge in [0.25, 0.3) is 5.91 Å². The molecule has 0 heterocycles. The van der Waals surface area contributed by atoms with Crippen molar-refractivity contribution < 1.29 is 9.18 Å². The molecule has 2 rings (SSSR count). The molecular weight excluding hydrogens is 233 g/mol. The van der Waals surface area contributed by atoms with Gasteiger partial charge in [0.2, 0.25) is 0 Å². The van der Waals surface area contributed by atoms with E-state index < -0.39 is 5.82 Å². The summed E-state index contributed by atoms with van der Waals surface area (Å²) in [6.45, 7) is 0. The predicted molar refractivity (Wildman–Crippen MR) is 69.6 cm³/mol. The number of halogens is 1. The largest absolute Gasteiger partial charge is 0.399 e. The topological polar surface area (TPSA) is 81.1 Å². The number of carbonyl (C=O) groups excluding carboxylic acids is 1. The van der Waals surface area contributed by atoms with Crippen LogP contribution in [-0.4, -0.2) is 5.91 Å². The number of nitrogens with two attached hydrogens (primary N) is 2. The number of nitrogens with one attached hydrogen (secondary N) is 1. The maximum Gasteiger partial charge on any atom is 0.255 e. The summed E-state index contributed by atoms with van der Waals surface area (Å²) in [7, 11) is 0. The van der Waals surface area contributed by atoms with E-state index in [1.165, 1.54) is 24.3 Å². The van der Waals surface area contributed by atoms with Crippen molar-refractivity contribution in [2.75, 3.05) is 16.8 Å². The SMILES string of the molecule is Nc1cccc(C(=O)Nc2cc(F)ccc2N)c1. The van der Waals surface area contributed by atoms with Gasteiger partial charge in [-0.25, -0.2) is 4.39 Å². The van der Waals surface area contributed by atoms with E-state index in [0.717, 1.165) is 0 Å². The van der Waals surface area contributed by atoms with E-state index in [2.05, 4.69) is 5.32 Å². The fraction of sp³-hybridized carbons (Fsp3) is 0. The van der Waals surface area contributed by atoms with Crippen molar-refractivity contribution in [3.63, 3.8) is 0 Å². The molecule has 0 aliphatic rings. The van der Waals surface area contributed by atoms with Crippen molar-refractivity contribution in [2.24, 2.45) is 0 Å². The number of hydrogen-bond acceptors (Lipinski definition) is 3. The van der Waals surface area contributed by atoms with Gasteiger partial charge in [0.15, 0.2) is 0 Å². The Morgan fingerprint density at radius 1 is 1.11 bits per heavy atom. The third-order valence-corrected chi connectivity index (χ3v) is 2.41. The molecule has 0 saturated carbocycles. The Morgan fingerprint density at radius 3 is 2.61 bits per heavy atom. The van der Waals surface area contributed by atoms with Crippen molar-refractivity contribution >= 4 is 23.0 Å².